The first-order chi connectivity index (χ1) is 7.65. The molecular formula is C12H21NO3. The van der Waals surface area contributed by atoms with Gasteiger partial charge in [0.25, 0.3) is 0 Å². The van der Waals surface area contributed by atoms with Crippen molar-refractivity contribution in [1.82, 2.24) is 0 Å². The molecule has 1 fully saturated rings. The molecule has 4 nitrogen and oxygen atoms in total. The van der Waals surface area contributed by atoms with Crippen molar-refractivity contribution in [2.45, 2.75) is 51.5 Å². The van der Waals surface area contributed by atoms with Gasteiger partial charge in [0.05, 0.1) is 6.61 Å². The Kier molecular flexibility index (Phi) is 5.46. The lowest BCUT2D eigenvalue weighted by atomic mass is 9.84. The van der Waals surface area contributed by atoms with Crippen LogP contribution in [0, 0.1) is 5.92 Å². The molecule has 0 heterocycles. The van der Waals surface area contributed by atoms with Crippen LogP contribution in [-0.4, -0.2) is 24.4 Å². The van der Waals surface area contributed by atoms with Gasteiger partial charge in [-0.2, -0.15) is 0 Å². The number of ketones is 1. The largest absolute Gasteiger partial charge is 0.465 e. The minimum Gasteiger partial charge on any atom is -0.465 e. The molecule has 0 aromatic carbocycles. The third-order valence-corrected chi connectivity index (χ3v) is 3.07. The highest BCUT2D eigenvalue weighted by Crippen LogP contribution is 2.25. The van der Waals surface area contributed by atoms with E-state index in [1.807, 2.05) is 0 Å². The standard InChI is InChI=1S/C12H21NO3/c1-2-16-12(15)10(13)8-11(14)9-6-4-3-5-7-9/h9-10H,2-8,13H2,1H3. The SMILES string of the molecule is CCOC(=O)C(N)CC(=O)C1CCCCC1. The molecule has 2 N–H and O–H groups in total. The van der Waals surface area contributed by atoms with E-state index in [4.69, 9.17) is 10.5 Å². The second-order valence-corrected chi connectivity index (χ2v) is 4.36. The molecule has 92 valence electrons. The molecule has 0 aromatic rings. The highest BCUT2D eigenvalue weighted by molar-refractivity contribution is 5.87. The van der Waals surface area contributed by atoms with Crippen LogP contribution in [-0.2, 0) is 14.3 Å². The lowest BCUT2D eigenvalue weighted by molar-refractivity contribution is -0.146. The molecule has 0 bridgehead atoms. The quantitative estimate of drug-likeness (QED) is 0.721. The number of hydrogen-bond acceptors (Lipinski definition) is 4. The Hall–Kier alpha value is -0.900. The van der Waals surface area contributed by atoms with Gasteiger partial charge in [0.1, 0.15) is 11.8 Å². The number of ether oxygens (including phenoxy) is 1. The second-order valence-electron chi connectivity index (χ2n) is 4.36. The van der Waals surface area contributed by atoms with Crippen molar-refractivity contribution >= 4 is 11.8 Å². The van der Waals surface area contributed by atoms with Gasteiger partial charge in [0.2, 0.25) is 0 Å². The number of Topliss-reactive ketones (excluding diaryl/α,β-unsaturated/α-hetero) is 1. The summed E-state index contributed by atoms with van der Waals surface area (Å²) < 4.78 is 4.78. The summed E-state index contributed by atoms with van der Waals surface area (Å²) in [4.78, 5) is 23.1. The van der Waals surface area contributed by atoms with Crippen LogP contribution in [0.25, 0.3) is 0 Å². The number of nitrogens with two attached hydrogens (primary N) is 1. The topological polar surface area (TPSA) is 69.4 Å². The molecule has 1 unspecified atom stereocenters. The van der Waals surface area contributed by atoms with Crippen molar-refractivity contribution in [3.63, 3.8) is 0 Å². The van der Waals surface area contributed by atoms with Gasteiger partial charge in [0.15, 0.2) is 0 Å². The molecule has 0 spiro atoms. The lowest BCUT2D eigenvalue weighted by Gasteiger charge is -2.21. The Labute approximate surface area is 96.5 Å². The normalized spacial score (nSPS) is 19.1. The van der Waals surface area contributed by atoms with Gasteiger partial charge in [0, 0.05) is 12.3 Å². The fourth-order valence-corrected chi connectivity index (χ4v) is 2.14. The molecule has 0 radical (unpaired) electrons. The Morgan fingerprint density at radius 1 is 1.31 bits per heavy atom. The van der Waals surface area contributed by atoms with Crippen molar-refractivity contribution in [1.29, 1.82) is 0 Å². The first-order valence-electron chi connectivity index (χ1n) is 6.10. The Morgan fingerprint density at radius 2 is 1.94 bits per heavy atom. The third kappa shape index (κ3) is 3.93. The van der Waals surface area contributed by atoms with E-state index in [2.05, 4.69) is 0 Å². The van der Waals surface area contributed by atoms with Crippen LogP contribution in [0.3, 0.4) is 0 Å². The maximum absolute atomic E-state index is 11.8. The van der Waals surface area contributed by atoms with Crippen LogP contribution >= 0.6 is 0 Å². The summed E-state index contributed by atoms with van der Waals surface area (Å²) >= 11 is 0. The van der Waals surface area contributed by atoms with Crippen molar-refractivity contribution in [3.8, 4) is 0 Å². The van der Waals surface area contributed by atoms with Crippen molar-refractivity contribution in [2.24, 2.45) is 11.7 Å². The molecule has 1 rings (SSSR count). The maximum atomic E-state index is 11.8. The molecule has 0 aromatic heterocycles. The Morgan fingerprint density at radius 3 is 2.50 bits per heavy atom. The molecule has 16 heavy (non-hydrogen) atoms. The highest BCUT2D eigenvalue weighted by atomic mass is 16.5. The van der Waals surface area contributed by atoms with Crippen LogP contribution in [0.15, 0.2) is 0 Å². The molecule has 0 saturated heterocycles. The van der Waals surface area contributed by atoms with Crippen LogP contribution in [0.1, 0.15) is 45.4 Å². The zero-order valence-corrected chi connectivity index (χ0v) is 9.91. The van der Waals surface area contributed by atoms with E-state index < -0.39 is 12.0 Å². The molecular weight excluding hydrogens is 206 g/mol. The minimum atomic E-state index is -0.783. The second kappa shape index (κ2) is 6.63. The number of carbonyl (C=O) groups is 2. The van der Waals surface area contributed by atoms with Gasteiger partial charge < -0.3 is 10.5 Å². The predicted molar refractivity (Wildman–Crippen MR) is 60.8 cm³/mol. The maximum Gasteiger partial charge on any atom is 0.323 e. The van der Waals surface area contributed by atoms with E-state index in [1.54, 1.807) is 6.92 Å². The number of carbonyl (C=O) groups excluding carboxylic acids is 2. The fourth-order valence-electron chi connectivity index (χ4n) is 2.14. The summed E-state index contributed by atoms with van der Waals surface area (Å²) in [6.45, 7) is 2.04. The van der Waals surface area contributed by atoms with Crippen LogP contribution < -0.4 is 5.73 Å². The van der Waals surface area contributed by atoms with Gasteiger partial charge in [-0.1, -0.05) is 19.3 Å². The third-order valence-electron chi connectivity index (χ3n) is 3.07. The number of rotatable bonds is 5. The van der Waals surface area contributed by atoms with E-state index in [0.717, 1.165) is 25.7 Å². The summed E-state index contributed by atoms with van der Waals surface area (Å²) in [5, 5.41) is 0. The van der Waals surface area contributed by atoms with E-state index in [-0.39, 0.29) is 18.1 Å². The fraction of sp³-hybridized carbons (Fsp3) is 0.833. The molecule has 1 saturated carbocycles. The Balaban J connectivity index is 2.34. The average Bonchev–Trinajstić information content (AvgIpc) is 2.30. The van der Waals surface area contributed by atoms with E-state index in [9.17, 15) is 9.59 Å². The zero-order chi connectivity index (χ0) is 12.0. The summed E-state index contributed by atoms with van der Waals surface area (Å²) in [7, 11) is 0. The van der Waals surface area contributed by atoms with Gasteiger partial charge in [-0.25, -0.2) is 0 Å². The summed E-state index contributed by atoms with van der Waals surface area (Å²) in [6, 6.07) is -0.783. The summed E-state index contributed by atoms with van der Waals surface area (Å²) in [5.74, 6) is -0.221. The molecule has 1 aliphatic carbocycles. The highest BCUT2D eigenvalue weighted by Gasteiger charge is 2.25. The minimum absolute atomic E-state index is 0.120. The smallest absolute Gasteiger partial charge is 0.323 e. The zero-order valence-electron chi connectivity index (χ0n) is 9.91. The van der Waals surface area contributed by atoms with Crippen molar-refractivity contribution < 1.29 is 14.3 Å². The molecule has 0 aliphatic heterocycles. The monoisotopic (exact) mass is 227 g/mol. The van der Waals surface area contributed by atoms with Gasteiger partial charge in [-0.15, -0.1) is 0 Å². The summed E-state index contributed by atoms with van der Waals surface area (Å²) in [6.07, 6.45) is 5.48. The number of hydrogen-bond donors (Lipinski definition) is 1. The van der Waals surface area contributed by atoms with Crippen LogP contribution in [0.4, 0.5) is 0 Å². The molecule has 1 atom stereocenters. The average molecular weight is 227 g/mol. The van der Waals surface area contributed by atoms with E-state index in [1.165, 1.54) is 6.42 Å². The van der Waals surface area contributed by atoms with E-state index in [0.29, 0.717) is 6.61 Å². The van der Waals surface area contributed by atoms with Crippen molar-refractivity contribution in [3.05, 3.63) is 0 Å². The molecule has 4 heteroatoms. The molecule has 0 amide bonds. The number of esters is 1. The summed E-state index contributed by atoms with van der Waals surface area (Å²) in [5.41, 5.74) is 5.62. The lowest BCUT2D eigenvalue weighted by Crippen LogP contribution is -2.36. The molecule has 1 aliphatic rings. The Bertz CT molecular complexity index is 247. The first-order valence-corrected chi connectivity index (χ1v) is 6.10. The van der Waals surface area contributed by atoms with Gasteiger partial charge in [-0.05, 0) is 19.8 Å². The van der Waals surface area contributed by atoms with Crippen LogP contribution in [0.2, 0.25) is 0 Å². The van der Waals surface area contributed by atoms with Crippen LogP contribution in [0.5, 0.6) is 0 Å². The van der Waals surface area contributed by atoms with E-state index >= 15 is 0 Å². The first kappa shape index (κ1) is 13.2. The van der Waals surface area contributed by atoms with Gasteiger partial charge >= 0.3 is 5.97 Å². The van der Waals surface area contributed by atoms with Crippen molar-refractivity contribution in [2.75, 3.05) is 6.61 Å². The predicted octanol–water partition coefficient (Wildman–Crippen LogP) is 1.42. The van der Waals surface area contributed by atoms with Gasteiger partial charge in [-0.3, -0.25) is 9.59 Å².